The molecular formula is C13H19FN2O3S. The van der Waals surface area contributed by atoms with Crippen LogP contribution in [0.2, 0.25) is 0 Å². The Balaban J connectivity index is 2.00. The van der Waals surface area contributed by atoms with Crippen molar-refractivity contribution in [2.24, 2.45) is 5.14 Å². The van der Waals surface area contributed by atoms with Crippen LogP contribution >= 0.6 is 0 Å². The predicted molar refractivity (Wildman–Crippen MR) is 74.6 cm³/mol. The minimum Gasteiger partial charge on any atom is -0.494 e. The molecule has 1 aromatic rings. The lowest BCUT2D eigenvalue weighted by Gasteiger charge is -2.28. The molecule has 0 aromatic heterocycles. The molecule has 0 spiro atoms. The number of nitrogens with one attached hydrogen (secondary N) is 1. The van der Waals surface area contributed by atoms with E-state index in [4.69, 9.17) is 9.88 Å². The normalized spacial score (nSPS) is 23.6. The lowest BCUT2D eigenvalue weighted by molar-refractivity contribution is 0.373. The van der Waals surface area contributed by atoms with Gasteiger partial charge in [-0.05, 0) is 30.9 Å². The van der Waals surface area contributed by atoms with Gasteiger partial charge in [-0.1, -0.05) is 12.1 Å². The van der Waals surface area contributed by atoms with E-state index < -0.39 is 15.3 Å². The largest absolute Gasteiger partial charge is 0.494 e. The quantitative estimate of drug-likeness (QED) is 0.861. The number of nitrogens with two attached hydrogens (primary N) is 1. The molecule has 20 heavy (non-hydrogen) atoms. The lowest BCUT2D eigenvalue weighted by Crippen LogP contribution is -2.47. The van der Waals surface area contributed by atoms with Crippen molar-refractivity contribution >= 4 is 10.0 Å². The van der Waals surface area contributed by atoms with Crippen LogP contribution in [-0.2, 0) is 16.4 Å². The molecule has 3 N–H and O–H groups in total. The van der Waals surface area contributed by atoms with E-state index in [1.165, 1.54) is 7.11 Å². The highest BCUT2D eigenvalue weighted by molar-refractivity contribution is 7.89. The van der Waals surface area contributed by atoms with Gasteiger partial charge in [-0.25, -0.2) is 17.9 Å². The summed E-state index contributed by atoms with van der Waals surface area (Å²) in [7, 11) is -2.07. The topological polar surface area (TPSA) is 81.4 Å². The molecule has 7 heteroatoms. The Kier molecular flexibility index (Phi) is 4.62. The monoisotopic (exact) mass is 302 g/mol. The number of primary sulfonamides is 1. The first-order chi connectivity index (χ1) is 9.41. The maximum atomic E-state index is 14.0. The summed E-state index contributed by atoms with van der Waals surface area (Å²) in [6, 6.07) is 5.08. The Labute approximate surface area is 118 Å². The van der Waals surface area contributed by atoms with Crippen LogP contribution in [0.1, 0.15) is 18.4 Å². The second kappa shape index (κ2) is 6.07. The van der Waals surface area contributed by atoms with E-state index in [9.17, 15) is 12.8 Å². The zero-order chi connectivity index (χ0) is 14.8. The third-order valence-electron chi connectivity index (χ3n) is 3.67. The van der Waals surface area contributed by atoms with Crippen LogP contribution in [0.15, 0.2) is 18.2 Å². The van der Waals surface area contributed by atoms with E-state index in [1.54, 1.807) is 18.2 Å². The molecule has 5 nitrogen and oxygen atoms in total. The smallest absolute Gasteiger partial charge is 0.213 e. The number of hydrogen-bond donors (Lipinski definition) is 2. The molecule has 1 saturated heterocycles. The van der Waals surface area contributed by atoms with Crippen LogP contribution in [0.3, 0.4) is 0 Å². The molecule has 1 aliphatic heterocycles. The molecule has 1 aliphatic rings. The molecule has 2 rings (SSSR count). The fourth-order valence-electron chi connectivity index (χ4n) is 2.48. The second-order valence-electron chi connectivity index (χ2n) is 5.03. The number of benzene rings is 1. The highest BCUT2D eigenvalue weighted by Crippen LogP contribution is 2.23. The van der Waals surface area contributed by atoms with Crippen molar-refractivity contribution in [1.82, 2.24) is 5.32 Å². The molecule has 0 aliphatic carbocycles. The molecule has 0 amide bonds. The first-order valence-electron chi connectivity index (χ1n) is 6.48. The average Bonchev–Trinajstić information content (AvgIpc) is 2.41. The Bertz CT molecular complexity index is 569. The standard InChI is InChI=1S/C13H19FN2O3S/c1-19-12-4-2-3-9(13(12)14)7-10-5-6-11(8-16-10)20(15,17)18/h2-4,10-11,16H,5-8H2,1H3,(H2,15,17,18). The molecule has 1 fully saturated rings. The molecule has 112 valence electrons. The summed E-state index contributed by atoms with van der Waals surface area (Å²) in [6.07, 6.45) is 1.65. The van der Waals surface area contributed by atoms with Gasteiger partial charge >= 0.3 is 0 Å². The zero-order valence-corrected chi connectivity index (χ0v) is 12.1. The Morgan fingerprint density at radius 2 is 2.20 bits per heavy atom. The number of sulfonamides is 1. The third-order valence-corrected chi connectivity index (χ3v) is 5.00. The van der Waals surface area contributed by atoms with Crippen molar-refractivity contribution in [2.75, 3.05) is 13.7 Å². The summed E-state index contributed by atoms with van der Waals surface area (Å²) in [4.78, 5) is 0. The van der Waals surface area contributed by atoms with E-state index in [-0.39, 0.29) is 17.6 Å². The van der Waals surface area contributed by atoms with Gasteiger partial charge in [0.15, 0.2) is 11.6 Å². The van der Waals surface area contributed by atoms with E-state index >= 15 is 0 Å². The number of ether oxygens (including phenoxy) is 1. The number of piperidine rings is 1. The SMILES string of the molecule is COc1cccc(CC2CCC(S(N)(=O)=O)CN2)c1F. The summed E-state index contributed by atoms with van der Waals surface area (Å²) in [6.45, 7) is 0.315. The van der Waals surface area contributed by atoms with Crippen molar-refractivity contribution < 1.29 is 17.5 Å². The Hall–Kier alpha value is -1.18. The maximum absolute atomic E-state index is 14.0. The van der Waals surface area contributed by atoms with Crippen molar-refractivity contribution in [3.05, 3.63) is 29.6 Å². The molecular weight excluding hydrogens is 283 g/mol. The highest BCUT2D eigenvalue weighted by atomic mass is 32.2. The maximum Gasteiger partial charge on any atom is 0.213 e. The van der Waals surface area contributed by atoms with Gasteiger partial charge in [0.05, 0.1) is 12.4 Å². The molecule has 1 aromatic carbocycles. The molecule has 0 radical (unpaired) electrons. The first kappa shape index (κ1) is 15.2. The molecule has 2 atom stereocenters. The molecule has 0 saturated carbocycles. The summed E-state index contributed by atoms with van der Waals surface area (Å²) in [5.41, 5.74) is 0.566. The fourth-order valence-corrected chi connectivity index (χ4v) is 3.27. The minimum atomic E-state index is -3.50. The highest BCUT2D eigenvalue weighted by Gasteiger charge is 2.28. The van der Waals surface area contributed by atoms with Gasteiger partial charge in [-0.15, -0.1) is 0 Å². The van der Waals surface area contributed by atoms with Crippen LogP contribution in [0.25, 0.3) is 0 Å². The molecule has 1 heterocycles. The lowest BCUT2D eigenvalue weighted by atomic mass is 9.97. The van der Waals surface area contributed by atoms with Gasteiger partial charge in [0.1, 0.15) is 0 Å². The Morgan fingerprint density at radius 1 is 1.45 bits per heavy atom. The van der Waals surface area contributed by atoms with Crippen LogP contribution in [0.4, 0.5) is 4.39 Å². The van der Waals surface area contributed by atoms with Crippen LogP contribution in [0, 0.1) is 5.82 Å². The Morgan fingerprint density at radius 3 is 2.75 bits per heavy atom. The number of rotatable bonds is 4. The number of halogens is 1. The summed E-state index contributed by atoms with van der Waals surface area (Å²) < 4.78 is 41.5. The minimum absolute atomic E-state index is 0.0506. The van der Waals surface area contributed by atoms with Crippen LogP contribution < -0.4 is 15.2 Å². The van der Waals surface area contributed by atoms with Crippen molar-refractivity contribution in [3.63, 3.8) is 0 Å². The zero-order valence-electron chi connectivity index (χ0n) is 11.3. The first-order valence-corrected chi connectivity index (χ1v) is 8.09. The van der Waals surface area contributed by atoms with Gasteiger partial charge in [-0.3, -0.25) is 0 Å². The van der Waals surface area contributed by atoms with Crippen molar-refractivity contribution in [3.8, 4) is 5.75 Å². The summed E-state index contributed by atoms with van der Waals surface area (Å²) >= 11 is 0. The fraction of sp³-hybridized carbons (Fsp3) is 0.538. The van der Waals surface area contributed by atoms with Crippen molar-refractivity contribution in [1.29, 1.82) is 0 Å². The van der Waals surface area contributed by atoms with Crippen molar-refractivity contribution in [2.45, 2.75) is 30.6 Å². The van der Waals surface area contributed by atoms with Gasteiger partial charge < -0.3 is 10.1 Å². The van der Waals surface area contributed by atoms with Gasteiger partial charge in [0.2, 0.25) is 10.0 Å². The van der Waals surface area contributed by atoms with Gasteiger partial charge in [-0.2, -0.15) is 0 Å². The third kappa shape index (κ3) is 3.47. The van der Waals surface area contributed by atoms with E-state index in [0.29, 0.717) is 31.4 Å². The van der Waals surface area contributed by atoms with E-state index in [1.807, 2.05) is 0 Å². The molecule has 2 unspecified atom stereocenters. The van der Waals surface area contributed by atoms with Gasteiger partial charge in [0, 0.05) is 12.6 Å². The number of hydrogen-bond acceptors (Lipinski definition) is 4. The average molecular weight is 302 g/mol. The van der Waals surface area contributed by atoms with E-state index in [2.05, 4.69) is 5.32 Å². The van der Waals surface area contributed by atoms with Crippen LogP contribution in [0.5, 0.6) is 5.75 Å². The summed E-state index contributed by atoms with van der Waals surface area (Å²) in [5.74, 6) is -0.133. The van der Waals surface area contributed by atoms with E-state index in [0.717, 1.165) is 0 Å². The second-order valence-corrected chi connectivity index (χ2v) is 6.88. The van der Waals surface area contributed by atoms with Gasteiger partial charge in [0.25, 0.3) is 0 Å². The predicted octanol–water partition coefficient (Wildman–Crippen LogP) is 0.786. The molecule has 0 bridgehead atoms. The number of methoxy groups -OCH3 is 1. The van der Waals surface area contributed by atoms with Crippen LogP contribution in [-0.4, -0.2) is 33.4 Å². The summed E-state index contributed by atoms with van der Waals surface area (Å²) in [5, 5.41) is 7.70.